The molecule has 2 aliphatic rings. The molecule has 3 rings (SSSR count). The van der Waals surface area contributed by atoms with Crippen LogP contribution in [0.25, 0.3) is 0 Å². The number of methoxy groups -OCH3 is 1. The monoisotopic (exact) mass is 288 g/mol. The van der Waals surface area contributed by atoms with Gasteiger partial charge in [-0.3, -0.25) is 4.90 Å². The second-order valence-corrected chi connectivity index (χ2v) is 6.97. The molecule has 1 aromatic rings. The predicted molar refractivity (Wildman–Crippen MR) is 86.9 cm³/mol. The van der Waals surface area contributed by atoms with Gasteiger partial charge in [0.25, 0.3) is 0 Å². The zero-order valence-electron chi connectivity index (χ0n) is 13.7. The van der Waals surface area contributed by atoms with E-state index >= 15 is 0 Å². The van der Waals surface area contributed by atoms with Crippen molar-refractivity contribution in [1.82, 2.24) is 10.2 Å². The molecule has 116 valence electrons. The Morgan fingerprint density at radius 3 is 2.43 bits per heavy atom. The number of benzene rings is 1. The minimum Gasteiger partial charge on any atom is -0.496 e. The Morgan fingerprint density at radius 1 is 1.14 bits per heavy atom. The highest BCUT2D eigenvalue weighted by molar-refractivity contribution is 5.43. The van der Waals surface area contributed by atoms with Crippen molar-refractivity contribution in [2.45, 2.75) is 39.7 Å². The number of nitrogens with zero attached hydrogens (tertiary/aromatic N) is 1. The van der Waals surface area contributed by atoms with E-state index < -0.39 is 0 Å². The van der Waals surface area contributed by atoms with E-state index in [9.17, 15) is 0 Å². The average molecular weight is 288 g/mol. The van der Waals surface area contributed by atoms with Crippen LogP contribution in [0, 0.1) is 19.3 Å². The van der Waals surface area contributed by atoms with Gasteiger partial charge in [-0.15, -0.1) is 0 Å². The fraction of sp³-hybridized carbons (Fsp3) is 0.667. The Balaban J connectivity index is 1.68. The number of hydrogen-bond donors (Lipinski definition) is 1. The molecule has 0 unspecified atom stereocenters. The Kier molecular flexibility index (Phi) is 4.23. The number of aryl methyl sites for hydroxylation is 2. The third-order valence-corrected chi connectivity index (χ3v) is 5.31. The minimum absolute atomic E-state index is 0.599. The summed E-state index contributed by atoms with van der Waals surface area (Å²) in [5.41, 5.74) is 4.53. The van der Waals surface area contributed by atoms with Crippen LogP contribution in [0.5, 0.6) is 5.75 Å². The standard InChI is InChI=1S/C18H28N2O/c1-14-10-16(11-15(2)17(14)21-3)12-20-9-6-18(13-20)4-7-19-8-5-18/h10-11,19H,4-9,12-13H2,1-3H3. The predicted octanol–water partition coefficient (Wildman–Crippen LogP) is 2.89. The summed E-state index contributed by atoms with van der Waals surface area (Å²) < 4.78 is 5.47. The molecule has 0 aliphatic carbocycles. The van der Waals surface area contributed by atoms with E-state index in [4.69, 9.17) is 4.74 Å². The first-order valence-electron chi connectivity index (χ1n) is 8.19. The maximum atomic E-state index is 5.47. The largest absolute Gasteiger partial charge is 0.496 e. The highest BCUT2D eigenvalue weighted by Gasteiger charge is 2.38. The van der Waals surface area contributed by atoms with E-state index in [-0.39, 0.29) is 0 Å². The summed E-state index contributed by atoms with van der Waals surface area (Å²) in [6, 6.07) is 4.58. The van der Waals surface area contributed by atoms with E-state index in [0.29, 0.717) is 5.41 Å². The molecule has 1 aromatic carbocycles. The van der Waals surface area contributed by atoms with Gasteiger partial charge in [-0.1, -0.05) is 12.1 Å². The molecule has 2 saturated heterocycles. The van der Waals surface area contributed by atoms with E-state index in [1.165, 1.54) is 62.1 Å². The van der Waals surface area contributed by atoms with Crippen molar-refractivity contribution in [3.05, 3.63) is 28.8 Å². The summed E-state index contributed by atoms with van der Waals surface area (Å²) in [4.78, 5) is 2.64. The lowest BCUT2D eigenvalue weighted by atomic mass is 9.78. The summed E-state index contributed by atoms with van der Waals surface area (Å²) in [6.07, 6.45) is 4.08. The zero-order chi connectivity index (χ0) is 14.9. The summed E-state index contributed by atoms with van der Waals surface area (Å²) in [7, 11) is 1.76. The first kappa shape index (κ1) is 14.9. The zero-order valence-corrected chi connectivity index (χ0v) is 13.7. The Morgan fingerprint density at radius 2 is 1.81 bits per heavy atom. The van der Waals surface area contributed by atoms with Crippen molar-refractivity contribution >= 4 is 0 Å². The first-order chi connectivity index (χ1) is 10.1. The number of hydrogen-bond acceptors (Lipinski definition) is 3. The van der Waals surface area contributed by atoms with Crippen LogP contribution >= 0.6 is 0 Å². The lowest BCUT2D eigenvalue weighted by Gasteiger charge is -2.34. The molecule has 0 amide bonds. The van der Waals surface area contributed by atoms with Crippen LogP contribution in [-0.4, -0.2) is 38.2 Å². The van der Waals surface area contributed by atoms with Crippen LogP contribution in [0.3, 0.4) is 0 Å². The molecule has 1 N–H and O–H groups in total. The van der Waals surface area contributed by atoms with Crippen LogP contribution < -0.4 is 10.1 Å². The van der Waals surface area contributed by atoms with E-state index in [1.807, 2.05) is 0 Å². The first-order valence-corrected chi connectivity index (χ1v) is 8.19. The van der Waals surface area contributed by atoms with Crippen molar-refractivity contribution in [3.63, 3.8) is 0 Å². The summed E-state index contributed by atoms with van der Waals surface area (Å²) in [5, 5.41) is 3.50. The highest BCUT2D eigenvalue weighted by Crippen LogP contribution is 2.39. The molecule has 21 heavy (non-hydrogen) atoms. The molecular formula is C18H28N2O. The highest BCUT2D eigenvalue weighted by atomic mass is 16.5. The number of ether oxygens (including phenoxy) is 1. The second kappa shape index (κ2) is 5.98. The van der Waals surface area contributed by atoms with E-state index in [2.05, 4.69) is 36.2 Å². The molecule has 2 fully saturated rings. The Hall–Kier alpha value is -1.06. The number of rotatable bonds is 3. The normalized spacial score (nSPS) is 21.9. The topological polar surface area (TPSA) is 24.5 Å². The maximum absolute atomic E-state index is 5.47. The van der Waals surface area contributed by atoms with E-state index in [1.54, 1.807) is 7.11 Å². The van der Waals surface area contributed by atoms with Crippen LogP contribution in [0.1, 0.15) is 36.0 Å². The summed E-state index contributed by atoms with van der Waals surface area (Å²) in [6.45, 7) is 10.3. The van der Waals surface area contributed by atoms with Gasteiger partial charge in [0.15, 0.2) is 0 Å². The van der Waals surface area contributed by atoms with Gasteiger partial charge in [-0.25, -0.2) is 0 Å². The Bertz CT molecular complexity index is 483. The van der Waals surface area contributed by atoms with Gasteiger partial charge < -0.3 is 10.1 Å². The molecule has 0 atom stereocenters. The quantitative estimate of drug-likeness (QED) is 0.925. The lowest BCUT2D eigenvalue weighted by Crippen LogP contribution is -2.38. The van der Waals surface area contributed by atoms with Gasteiger partial charge in [0.05, 0.1) is 7.11 Å². The van der Waals surface area contributed by atoms with Crippen molar-refractivity contribution in [3.8, 4) is 5.75 Å². The third kappa shape index (κ3) is 3.09. The number of piperidine rings is 1. The maximum Gasteiger partial charge on any atom is 0.124 e. The van der Waals surface area contributed by atoms with Crippen molar-refractivity contribution in [2.75, 3.05) is 33.3 Å². The van der Waals surface area contributed by atoms with Crippen LogP contribution in [0.2, 0.25) is 0 Å². The molecular weight excluding hydrogens is 260 g/mol. The van der Waals surface area contributed by atoms with Crippen LogP contribution in [-0.2, 0) is 6.54 Å². The number of nitrogens with one attached hydrogen (secondary N) is 1. The van der Waals surface area contributed by atoms with Crippen LogP contribution in [0.4, 0.5) is 0 Å². The molecule has 2 aliphatic heterocycles. The van der Waals surface area contributed by atoms with E-state index in [0.717, 1.165) is 12.3 Å². The van der Waals surface area contributed by atoms with Gasteiger partial charge in [0.2, 0.25) is 0 Å². The molecule has 0 aromatic heterocycles. The van der Waals surface area contributed by atoms with Gasteiger partial charge in [-0.2, -0.15) is 0 Å². The summed E-state index contributed by atoms with van der Waals surface area (Å²) in [5.74, 6) is 1.04. The minimum atomic E-state index is 0.599. The SMILES string of the molecule is COc1c(C)cc(CN2CCC3(CCNCC3)C2)cc1C. The second-order valence-electron chi connectivity index (χ2n) is 6.97. The van der Waals surface area contributed by atoms with Crippen LogP contribution in [0.15, 0.2) is 12.1 Å². The number of likely N-dealkylation sites (tertiary alicyclic amines) is 1. The third-order valence-electron chi connectivity index (χ3n) is 5.31. The molecule has 0 saturated carbocycles. The fourth-order valence-electron chi connectivity index (χ4n) is 4.24. The molecule has 0 radical (unpaired) electrons. The molecule has 2 heterocycles. The smallest absolute Gasteiger partial charge is 0.124 e. The van der Waals surface area contributed by atoms with Gasteiger partial charge >= 0.3 is 0 Å². The average Bonchev–Trinajstić information content (AvgIpc) is 2.82. The van der Waals surface area contributed by atoms with Gasteiger partial charge in [-0.05, 0) is 74.8 Å². The lowest BCUT2D eigenvalue weighted by molar-refractivity contribution is 0.194. The molecule has 0 bridgehead atoms. The van der Waals surface area contributed by atoms with Crippen molar-refractivity contribution in [2.24, 2.45) is 5.41 Å². The molecule has 3 nitrogen and oxygen atoms in total. The Labute approximate surface area is 128 Å². The molecule has 1 spiro atoms. The van der Waals surface area contributed by atoms with Crippen molar-refractivity contribution in [1.29, 1.82) is 0 Å². The summed E-state index contributed by atoms with van der Waals surface area (Å²) >= 11 is 0. The van der Waals surface area contributed by atoms with Gasteiger partial charge in [0, 0.05) is 13.1 Å². The molecule has 3 heteroatoms. The fourth-order valence-corrected chi connectivity index (χ4v) is 4.24. The van der Waals surface area contributed by atoms with Gasteiger partial charge in [0.1, 0.15) is 5.75 Å². The van der Waals surface area contributed by atoms with Crippen molar-refractivity contribution < 1.29 is 4.74 Å².